The van der Waals surface area contributed by atoms with Gasteiger partial charge in [-0.2, -0.15) is 5.10 Å². The number of piperidine rings is 1. The minimum absolute atomic E-state index is 0.0568. The van der Waals surface area contributed by atoms with E-state index >= 15 is 0 Å². The van der Waals surface area contributed by atoms with Gasteiger partial charge >= 0.3 is 5.97 Å². The molecular weight excluding hydrogens is 518 g/mol. The number of carbonyl (C=O) groups is 3. The molecule has 1 amide bonds. The van der Waals surface area contributed by atoms with Crippen molar-refractivity contribution in [3.05, 3.63) is 108 Å². The molecule has 1 fully saturated rings. The molecule has 5 rings (SSSR count). The number of carboxylic acid groups (broad SMARTS) is 2. The molecule has 1 saturated heterocycles. The Bertz CT molecular complexity index is 1290. The number of amides is 1. The highest BCUT2D eigenvalue weighted by Crippen LogP contribution is 2.42. The van der Waals surface area contributed by atoms with Gasteiger partial charge in [-0.25, -0.2) is 5.01 Å². The number of hydrogen-bond donors (Lipinski definition) is 2. The van der Waals surface area contributed by atoms with Crippen LogP contribution in [0.1, 0.15) is 55.2 Å². The fourth-order valence-corrected chi connectivity index (χ4v) is 5.71. The third-order valence-electron chi connectivity index (χ3n) is 7.75. The van der Waals surface area contributed by atoms with Crippen LogP contribution < -0.4 is 0 Å². The Labute approximate surface area is 240 Å². The highest BCUT2D eigenvalue weighted by molar-refractivity contribution is 6.19. The number of carboxylic acids is 2. The summed E-state index contributed by atoms with van der Waals surface area (Å²) >= 11 is 0. The van der Waals surface area contributed by atoms with E-state index in [0.717, 1.165) is 44.3 Å². The zero-order valence-electron chi connectivity index (χ0n) is 23.4. The van der Waals surface area contributed by atoms with E-state index in [1.807, 2.05) is 30.3 Å². The number of likely N-dealkylation sites (tertiary alicyclic amines) is 1. The summed E-state index contributed by atoms with van der Waals surface area (Å²) in [4.78, 5) is 36.2. The number of rotatable bonds is 9. The Morgan fingerprint density at radius 1 is 0.829 bits per heavy atom. The van der Waals surface area contributed by atoms with E-state index < -0.39 is 17.4 Å². The quantitative estimate of drug-likeness (QED) is 0.380. The smallest absolute Gasteiger partial charge is 0.305 e. The summed E-state index contributed by atoms with van der Waals surface area (Å²) in [5, 5.41) is 22.7. The van der Waals surface area contributed by atoms with E-state index in [-0.39, 0.29) is 18.9 Å². The van der Waals surface area contributed by atoms with Crippen molar-refractivity contribution < 1.29 is 24.6 Å². The zero-order chi connectivity index (χ0) is 29.2. The van der Waals surface area contributed by atoms with Gasteiger partial charge in [-0.15, -0.1) is 0 Å². The van der Waals surface area contributed by atoms with Crippen LogP contribution in [0.25, 0.3) is 0 Å². The monoisotopic (exact) mass is 555 g/mol. The Hall–Kier alpha value is -4.30. The van der Waals surface area contributed by atoms with Crippen LogP contribution in [0.3, 0.4) is 0 Å². The maximum Gasteiger partial charge on any atom is 0.305 e. The van der Waals surface area contributed by atoms with Crippen molar-refractivity contribution >= 4 is 23.6 Å². The first kappa shape index (κ1) is 29.7. The van der Waals surface area contributed by atoms with E-state index in [1.165, 1.54) is 16.1 Å². The largest absolute Gasteiger partial charge is 0.481 e. The molecule has 2 aliphatic heterocycles. The van der Waals surface area contributed by atoms with Crippen LogP contribution in [0.5, 0.6) is 0 Å². The van der Waals surface area contributed by atoms with Crippen LogP contribution in [0.2, 0.25) is 0 Å². The first-order valence-electron chi connectivity index (χ1n) is 14.0. The van der Waals surface area contributed by atoms with E-state index in [0.29, 0.717) is 18.8 Å². The van der Waals surface area contributed by atoms with Crippen molar-refractivity contribution in [1.82, 2.24) is 9.91 Å². The van der Waals surface area contributed by atoms with Crippen LogP contribution in [0, 0.1) is 5.41 Å². The summed E-state index contributed by atoms with van der Waals surface area (Å²) in [5.74, 6) is -1.50. The van der Waals surface area contributed by atoms with Crippen LogP contribution >= 0.6 is 0 Å². The van der Waals surface area contributed by atoms with Gasteiger partial charge in [-0.1, -0.05) is 91.0 Å². The summed E-state index contributed by atoms with van der Waals surface area (Å²) in [6.07, 6.45) is 2.26. The molecule has 0 bridgehead atoms. The molecular formula is C33H37N3O5. The molecule has 2 N–H and O–H groups in total. The van der Waals surface area contributed by atoms with Crippen molar-refractivity contribution in [2.24, 2.45) is 10.5 Å². The SMILES string of the molecule is CC(=O)O.O=C(O)CCN1N=C(c2ccccc2)C2(CCN(CCC(c3ccccc3)c3ccccc3)CC2)C1=O. The Kier molecular flexibility index (Phi) is 10.0. The normalized spacial score (nSPS) is 16.3. The molecule has 8 heteroatoms. The molecule has 8 nitrogen and oxygen atoms in total. The molecule has 2 heterocycles. The topological polar surface area (TPSA) is 111 Å². The van der Waals surface area contributed by atoms with Gasteiger partial charge in [-0.05, 0) is 55.6 Å². The standard InChI is InChI=1S/C31H33N3O3.C2H4O2/c35-28(36)17-21-34-30(37)31(29(32-34)26-14-8-3-9-15-26)18-22-33(23-19-31)20-16-27(24-10-4-1-5-11-24)25-12-6-2-7-13-25;1-2(3)4/h1-15,27H,16-23H2,(H,35,36);1H3,(H,3,4). The number of carbonyl (C=O) groups excluding carboxylic acids is 1. The Balaban J connectivity index is 0.000000909. The van der Waals surface area contributed by atoms with Gasteiger partial charge in [0.1, 0.15) is 0 Å². The van der Waals surface area contributed by atoms with E-state index in [9.17, 15) is 9.59 Å². The fraction of sp³-hybridized carbons (Fsp3) is 0.333. The summed E-state index contributed by atoms with van der Waals surface area (Å²) in [6.45, 7) is 3.74. The Morgan fingerprint density at radius 2 is 1.32 bits per heavy atom. The van der Waals surface area contributed by atoms with E-state index in [4.69, 9.17) is 15.0 Å². The predicted octanol–water partition coefficient (Wildman–Crippen LogP) is 5.10. The average molecular weight is 556 g/mol. The molecule has 0 aromatic heterocycles. The molecule has 0 atom stereocenters. The van der Waals surface area contributed by atoms with Gasteiger partial charge in [-0.3, -0.25) is 14.4 Å². The van der Waals surface area contributed by atoms with Crippen LogP contribution in [-0.2, 0) is 14.4 Å². The summed E-state index contributed by atoms with van der Waals surface area (Å²) in [6, 6.07) is 31.2. The predicted molar refractivity (Wildman–Crippen MR) is 158 cm³/mol. The van der Waals surface area contributed by atoms with Crippen molar-refractivity contribution in [3.63, 3.8) is 0 Å². The van der Waals surface area contributed by atoms with Crippen molar-refractivity contribution in [2.45, 2.75) is 38.5 Å². The molecule has 1 spiro atoms. The second-order valence-corrected chi connectivity index (χ2v) is 10.5. The molecule has 41 heavy (non-hydrogen) atoms. The minimum Gasteiger partial charge on any atom is -0.481 e. The average Bonchev–Trinajstić information content (AvgIpc) is 3.25. The van der Waals surface area contributed by atoms with Gasteiger partial charge in [0.05, 0.1) is 24.1 Å². The highest BCUT2D eigenvalue weighted by Gasteiger charge is 2.52. The lowest BCUT2D eigenvalue weighted by atomic mass is 9.72. The highest BCUT2D eigenvalue weighted by atomic mass is 16.4. The minimum atomic E-state index is -0.925. The van der Waals surface area contributed by atoms with Gasteiger partial charge in [0.15, 0.2) is 0 Å². The molecule has 3 aromatic rings. The first-order chi connectivity index (χ1) is 19.8. The molecule has 0 unspecified atom stereocenters. The summed E-state index contributed by atoms with van der Waals surface area (Å²) < 4.78 is 0. The number of hydrazone groups is 1. The lowest BCUT2D eigenvalue weighted by molar-refractivity contribution is -0.141. The van der Waals surface area contributed by atoms with Crippen LogP contribution in [0.15, 0.2) is 96.1 Å². The van der Waals surface area contributed by atoms with E-state index in [2.05, 4.69) is 70.7 Å². The fourth-order valence-electron chi connectivity index (χ4n) is 5.71. The number of nitrogens with zero attached hydrogens (tertiary/aromatic N) is 3. The second-order valence-electron chi connectivity index (χ2n) is 10.5. The first-order valence-corrected chi connectivity index (χ1v) is 14.0. The van der Waals surface area contributed by atoms with Crippen LogP contribution in [-0.4, -0.2) is 69.9 Å². The molecule has 214 valence electrons. The van der Waals surface area contributed by atoms with Gasteiger partial charge < -0.3 is 15.1 Å². The van der Waals surface area contributed by atoms with Crippen molar-refractivity contribution in [1.29, 1.82) is 0 Å². The maximum atomic E-state index is 13.6. The zero-order valence-corrected chi connectivity index (χ0v) is 23.4. The molecule has 2 aliphatic rings. The molecule has 0 radical (unpaired) electrons. The van der Waals surface area contributed by atoms with Crippen LogP contribution in [0.4, 0.5) is 0 Å². The second kappa shape index (κ2) is 13.9. The molecule has 3 aromatic carbocycles. The lowest BCUT2D eigenvalue weighted by Crippen LogP contribution is -2.49. The van der Waals surface area contributed by atoms with Crippen molar-refractivity contribution in [3.8, 4) is 0 Å². The maximum absolute atomic E-state index is 13.6. The summed E-state index contributed by atoms with van der Waals surface area (Å²) in [7, 11) is 0. The number of hydrogen-bond acceptors (Lipinski definition) is 5. The third kappa shape index (κ3) is 7.46. The van der Waals surface area contributed by atoms with Gasteiger partial charge in [0.2, 0.25) is 0 Å². The number of aliphatic carboxylic acids is 2. The molecule has 0 aliphatic carbocycles. The van der Waals surface area contributed by atoms with Crippen molar-refractivity contribution in [2.75, 3.05) is 26.2 Å². The van der Waals surface area contributed by atoms with E-state index in [1.54, 1.807) is 0 Å². The number of benzene rings is 3. The molecule has 0 saturated carbocycles. The Morgan fingerprint density at radius 3 is 1.80 bits per heavy atom. The summed E-state index contributed by atoms with van der Waals surface area (Å²) in [5.41, 5.74) is 3.68. The van der Waals surface area contributed by atoms with Gasteiger partial charge in [0, 0.05) is 12.8 Å². The third-order valence-corrected chi connectivity index (χ3v) is 7.75. The van der Waals surface area contributed by atoms with Gasteiger partial charge in [0.25, 0.3) is 11.9 Å². The lowest BCUT2D eigenvalue weighted by Gasteiger charge is -2.39.